The maximum Gasteiger partial charge on any atom is 0.224 e. The number of hydrogen-bond donors (Lipinski definition) is 0. The molecule has 1 aromatic heterocycles. The zero-order valence-corrected chi connectivity index (χ0v) is 17.1. The SMILES string of the molecule is O=C1CCN(Cc2ccc(OCc3ccccc3)cc2)CCN1Cc1ccncc1. The molecule has 1 amide bonds. The fourth-order valence-corrected chi connectivity index (χ4v) is 3.63. The summed E-state index contributed by atoms with van der Waals surface area (Å²) in [4.78, 5) is 20.9. The summed E-state index contributed by atoms with van der Waals surface area (Å²) in [5, 5.41) is 0. The Balaban J connectivity index is 1.28. The van der Waals surface area contributed by atoms with Gasteiger partial charge < -0.3 is 9.64 Å². The highest BCUT2D eigenvalue weighted by Gasteiger charge is 2.21. The largest absolute Gasteiger partial charge is 0.489 e. The Bertz CT molecular complexity index is 930. The molecule has 2 aromatic carbocycles. The lowest BCUT2D eigenvalue weighted by Gasteiger charge is -2.22. The Labute approximate surface area is 177 Å². The summed E-state index contributed by atoms with van der Waals surface area (Å²) in [7, 11) is 0. The molecule has 0 saturated carbocycles. The summed E-state index contributed by atoms with van der Waals surface area (Å²) in [6.45, 7) is 4.49. The van der Waals surface area contributed by atoms with Crippen LogP contribution < -0.4 is 4.74 Å². The summed E-state index contributed by atoms with van der Waals surface area (Å²) in [6.07, 6.45) is 4.11. The number of carbonyl (C=O) groups is 1. The van der Waals surface area contributed by atoms with Gasteiger partial charge in [0.25, 0.3) is 0 Å². The van der Waals surface area contributed by atoms with E-state index in [1.807, 2.05) is 47.4 Å². The second-order valence-corrected chi connectivity index (χ2v) is 7.62. The van der Waals surface area contributed by atoms with Crippen LogP contribution in [0.25, 0.3) is 0 Å². The van der Waals surface area contributed by atoms with E-state index in [9.17, 15) is 4.79 Å². The van der Waals surface area contributed by atoms with Crippen molar-refractivity contribution >= 4 is 5.91 Å². The molecule has 0 radical (unpaired) electrons. The van der Waals surface area contributed by atoms with Crippen molar-refractivity contribution in [1.82, 2.24) is 14.8 Å². The van der Waals surface area contributed by atoms with Gasteiger partial charge in [0, 0.05) is 51.5 Å². The Morgan fingerprint density at radius 1 is 0.767 bits per heavy atom. The van der Waals surface area contributed by atoms with E-state index >= 15 is 0 Å². The van der Waals surface area contributed by atoms with Gasteiger partial charge >= 0.3 is 0 Å². The maximum absolute atomic E-state index is 12.5. The van der Waals surface area contributed by atoms with Crippen LogP contribution in [0.5, 0.6) is 5.75 Å². The lowest BCUT2D eigenvalue weighted by atomic mass is 10.2. The van der Waals surface area contributed by atoms with Gasteiger partial charge in [-0.15, -0.1) is 0 Å². The average molecular weight is 402 g/mol. The van der Waals surface area contributed by atoms with Gasteiger partial charge in [-0.25, -0.2) is 0 Å². The van der Waals surface area contributed by atoms with E-state index in [4.69, 9.17) is 4.74 Å². The molecule has 1 fully saturated rings. The molecule has 0 spiro atoms. The summed E-state index contributed by atoms with van der Waals surface area (Å²) < 4.78 is 5.87. The molecule has 1 aliphatic heterocycles. The molecule has 1 saturated heterocycles. The van der Waals surface area contributed by atoms with E-state index in [0.717, 1.165) is 43.1 Å². The topological polar surface area (TPSA) is 45.7 Å². The number of amides is 1. The highest BCUT2D eigenvalue weighted by molar-refractivity contribution is 5.76. The smallest absolute Gasteiger partial charge is 0.224 e. The fourth-order valence-electron chi connectivity index (χ4n) is 3.63. The van der Waals surface area contributed by atoms with Gasteiger partial charge in [0.15, 0.2) is 0 Å². The van der Waals surface area contributed by atoms with E-state index in [2.05, 4.69) is 34.1 Å². The van der Waals surface area contributed by atoms with Crippen LogP contribution in [0.4, 0.5) is 0 Å². The van der Waals surface area contributed by atoms with Crippen LogP contribution in [-0.4, -0.2) is 40.3 Å². The minimum Gasteiger partial charge on any atom is -0.489 e. The third kappa shape index (κ3) is 5.67. The van der Waals surface area contributed by atoms with Crippen LogP contribution in [-0.2, 0) is 24.5 Å². The zero-order chi connectivity index (χ0) is 20.6. The molecule has 5 nitrogen and oxygen atoms in total. The Morgan fingerprint density at radius 2 is 1.50 bits per heavy atom. The average Bonchev–Trinajstić information content (AvgIpc) is 2.96. The second-order valence-electron chi connectivity index (χ2n) is 7.62. The van der Waals surface area contributed by atoms with Crippen LogP contribution >= 0.6 is 0 Å². The molecular weight excluding hydrogens is 374 g/mol. The van der Waals surface area contributed by atoms with Crippen LogP contribution in [0.15, 0.2) is 79.1 Å². The number of benzene rings is 2. The number of aromatic nitrogens is 1. The molecule has 1 aliphatic rings. The number of ether oxygens (including phenoxy) is 1. The Hall–Kier alpha value is -3.18. The molecule has 2 heterocycles. The van der Waals surface area contributed by atoms with Gasteiger partial charge in [0.1, 0.15) is 12.4 Å². The van der Waals surface area contributed by atoms with Crippen molar-refractivity contribution in [3.63, 3.8) is 0 Å². The van der Waals surface area contributed by atoms with E-state index in [0.29, 0.717) is 19.6 Å². The highest BCUT2D eigenvalue weighted by atomic mass is 16.5. The van der Waals surface area contributed by atoms with Gasteiger partial charge in [-0.2, -0.15) is 0 Å². The lowest BCUT2D eigenvalue weighted by Crippen LogP contribution is -2.32. The molecule has 0 aliphatic carbocycles. The molecule has 0 bridgehead atoms. The van der Waals surface area contributed by atoms with Crippen LogP contribution in [0, 0.1) is 0 Å². The standard InChI is InChI=1S/C25H27N3O2/c29-25-12-15-27(16-17-28(25)19-22-10-13-26-14-11-22)18-21-6-8-24(9-7-21)30-20-23-4-2-1-3-5-23/h1-11,13-14H,12,15-20H2. The Kier molecular flexibility index (Phi) is 6.72. The van der Waals surface area contributed by atoms with Crippen molar-refractivity contribution in [1.29, 1.82) is 0 Å². The number of pyridine rings is 1. The molecular formula is C25H27N3O2. The summed E-state index contributed by atoms with van der Waals surface area (Å²) in [5.74, 6) is 1.09. The van der Waals surface area contributed by atoms with Crippen molar-refractivity contribution in [2.24, 2.45) is 0 Å². The van der Waals surface area contributed by atoms with E-state index in [1.54, 1.807) is 12.4 Å². The molecule has 5 heteroatoms. The van der Waals surface area contributed by atoms with Gasteiger partial charge in [-0.05, 0) is 41.0 Å². The predicted octanol–water partition coefficient (Wildman–Crippen LogP) is 3.90. The van der Waals surface area contributed by atoms with Crippen molar-refractivity contribution in [3.8, 4) is 5.75 Å². The van der Waals surface area contributed by atoms with Crippen LogP contribution in [0.3, 0.4) is 0 Å². The summed E-state index contributed by atoms with van der Waals surface area (Å²) in [5.41, 5.74) is 3.52. The minimum atomic E-state index is 0.221. The first kappa shape index (κ1) is 20.1. The summed E-state index contributed by atoms with van der Waals surface area (Å²) >= 11 is 0. The van der Waals surface area contributed by atoms with Gasteiger partial charge in [0.05, 0.1) is 0 Å². The molecule has 3 aromatic rings. The van der Waals surface area contributed by atoms with Crippen LogP contribution in [0.1, 0.15) is 23.1 Å². The molecule has 30 heavy (non-hydrogen) atoms. The van der Waals surface area contributed by atoms with E-state index < -0.39 is 0 Å². The van der Waals surface area contributed by atoms with Gasteiger partial charge in [0.2, 0.25) is 5.91 Å². The first-order chi connectivity index (χ1) is 14.8. The molecule has 4 rings (SSSR count). The van der Waals surface area contributed by atoms with Crippen molar-refractivity contribution in [3.05, 3.63) is 95.8 Å². The normalized spacial score (nSPS) is 15.1. The molecule has 0 atom stereocenters. The number of hydrogen-bond acceptors (Lipinski definition) is 4. The molecule has 154 valence electrons. The fraction of sp³-hybridized carbons (Fsp3) is 0.280. The summed E-state index contributed by atoms with van der Waals surface area (Å²) in [6, 6.07) is 22.4. The van der Waals surface area contributed by atoms with Crippen LogP contribution in [0.2, 0.25) is 0 Å². The van der Waals surface area contributed by atoms with Gasteiger partial charge in [-0.1, -0.05) is 42.5 Å². The first-order valence-corrected chi connectivity index (χ1v) is 10.4. The van der Waals surface area contributed by atoms with E-state index in [1.165, 1.54) is 5.56 Å². The monoisotopic (exact) mass is 401 g/mol. The number of carbonyl (C=O) groups excluding carboxylic acids is 1. The minimum absolute atomic E-state index is 0.221. The lowest BCUT2D eigenvalue weighted by molar-refractivity contribution is -0.130. The molecule has 0 N–H and O–H groups in total. The molecule has 0 unspecified atom stereocenters. The zero-order valence-electron chi connectivity index (χ0n) is 17.1. The Morgan fingerprint density at radius 3 is 2.27 bits per heavy atom. The van der Waals surface area contributed by atoms with Crippen molar-refractivity contribution < 1.29 is 9.53 Å². The van der Waals surface area contributed by atoms with E-state index in [-0.39, 0.29) is 5.91 Å². The predicted molar refractivity (Wildman–Crippen MR) is 117 cm³/mol. The third-order valence-electron chi connectivity index (χ3n) is 5.38. The highest BCUT2D eigenvalue weighted by Crippen LogP contribution is 2.17. The first-order valence-electron chi connectivity index (χ1n) is 10.4. The van der Waals surface area contributed by atoms with Crippen molar-refractivity contribution in [2.75, 3.05) is 19.6 Å². The number of rotatable bonds is 7. The van der Waals surface area contributed by atoms with Gasteiger partial charge in [-0.3, -0.25) is 14.7 Å². The quantitative estimate of drug-likeness (QED) is 0.602. The number of nitrogens with zero attached hydrogens (tertiary/aromatic N) is 3. The third-order valence-corrected chi connectivity index (χ3v) is 5.38. The van der Waals surface area contributed by atoms with Crippen molar-refractivity contribution in [2.45, 2.75) is 26.1 Å². The second kappa shape index (κ2) is 10.0. The maximum atomic E-state index is 12.5.